The van der Waals surface area contributed by atoms with Crippen LogP contribution in [-0.2, 0) is 4.74 Å². The molecular weight excluding hydrogens is 468 g/mol. The quantitative estimate of drug-likeness (QED) is 0.435. The van der Waals surface area contributed by atoms with Crippen molar-refractivity contribution in [1.29, 1.82) is 0 Å². The largest absolute Gasteiger partial charge is 0.495 e. The number of ether oxygens (including phenoxy) is 2. The van der Waals surface area contributed by atoms with Gasteiger partial charge in [-0.2, -0.15) is 4.98 Å². The van der Waals surface area contributed by atoms with Crippen LogP contribution >= 0.6 is 11.6 Å². The van der Waals surface area contributed by atoms with Gasteiger partial charge in [-0.15, -0.1) is 0 Å². The molecule has 0 unspecified atom stereocenters. The lowest BCUT2D eigenvalue weighted by atomic mass is 10.2. The number of hydrogen-bond donors (Lipinski definition) is 2. The van der Waals surface area contributed by atoms with Crippen molar-refractivity contribution in [2.45, 2.75) is 6.92 Å². The summed E-state index contributed by atoms with van der Waals surface area (Å²) in [6.45, 7) is 6.11. The minimum absolute atomic E-state index is 0.219. The van der Waals surface area contributed by atoms with E-state index in [0.717, 1.165) is 31.9 Å². The molecule has 0 bridgehead atoms. The average molecular weight is 497 g/mol. The first-order chi connectivity index (χ1) is 17.0. The van der Waals surface area contributed by atoms with E-state index >= 15 is 0 Å². The van der Waals surface area contributed by atoms with Crippen molar-refractivity contribution in [2.24, 2.45) is 0 Å². The van der Waals surface area contributed by atoms with Crippen LogP contribution in [0.25, 0.3) is 0 Å². The molecule has 184 valence electrons. The van der Waals surface area contributed by atoms with Gasteiger partial charge in [0, 0.05) is 55.5 Å². The van der Waals surface area contributed by atoms with Crippen LogP contribution in [0.3, 0.4) is 0 Å². The summed E-state index contributed by atoms with van der Waals surface area (Å²) in [4.78, 5) is 26.1. The molecule has 0 saturated carbocycles. The molecule has 10 heteroatoms. The van der Waals surface area contributed by atoms with Gasteiger partial charge in [0.15, 0.2) is 5.82 Å². The van der Waals surface area contributed by atoms with Gasteiger partial charge < -0.3 is 29.9 Å². The van der Waals surface area contributed by atoms with Crippen LogP contribution in [0.2, 0.25) is 5.02 Å². The second-order valence-corrected chi connectivity index (χ2v) is 8.52. The second kappa shape index (κ2) is 11.2. The maximum Gasteiger partial charge on any atom is 0.343 e. The summed E-state index contributed by atoms with van der Waals surface area (Å²) in [7, 11) is 3.68. The first-order valence-corrected chi connectivity index (χ1v) is 11.8. The van der Waals surface area contributed by atoms with Gasteiger partial charge >= 0.3 is 5.97 Å². The van der Waals surface area contributed by atoms with Gasteiger partial charge in [-0.3, -0.25) is 0 Å². The van der Waals surface area contributed by atoms with E-state index in [-0.39, 0.29) is 12.2 Å². The van der Waals surface area contributed by atoms with E-state index in [1.165, 1.54) is 19.0 Å². The number of carbonyl (C=O) groups is 1. The highest BCUT2D eigenvalue weighted by Crippen LogP contribution is 2.30. The van der Waals surface area contributed by atoms with Crippen molar-refractivity contribution in [3.05, 3.63) is 59.2 Å². The Morgan fingerprint density at radius 2 is 1.77 bits per heavy atom. The summed E-state index contributed by atoms with van der Waals surface area (Å²) in [6.07, 6.45) is 1.45. The molecule has 1 fully saturated rings. The van der Waals surface area contributed by atoms with Crippen molar-refractivity contribution in [2.75, 3.05) is 62.5 Å². The SMILES string of the molecule is CCOC(=O)c1cnc(Nc2ccc(N3CCN(C)CC3)cc2)nc1Nc1ccc(Cl)c(OC)c1. The molecule has 0 spiro atoms. The molecule has 0 aliphatic carbocycles. The standard InChI is InChI=1S/C25H29ClN6O3/c1-4-35-24(33)20-16-27-25(30-23(20)28-18-7-10-21(26)22(15-18)34-3)29-17-5-8-19(9-6-17)32-13-11-31(2)12-14-32/h5-10,15-16H,4,11-14H2,1-3H3,(H2,27,28,29,30). The van der Waals surface area contributed by atoms with E-state index in [1.54, 1.807) is 25.1 Å². The van der Waals surface area contributed by atoms with Crippen molar-refractivity contribution >= 4 is 46.4 Å². The van der Waals surface area contributed by atoms with Crippen molar-refractivity contribution in [3.8, 4) is 5.75 Å². The van der Waals surface area contributed by atoms with Crippen molar-refractivity contribution < 1.29 is 14.3 Å². The van der Waals surface area contributed by atoms with Crippen LogP contribution in [-0.4, -0.2) is 67.8 Å². The van der Waals surface area contributed by atoms with Crippen molar-refractivity contribution in [3.63, 3.8) is 0 Å². The maximum absolute atomic E-state index is 12.5. The zero-order chi connectivity index (χ0) is 24.8. The van der Waals surface area contributed by atoms with Crippen molar-refractivity contribution in [1.82, 2.24) is 14.9 Å². The maximum atomic E-state index is 12.5. The molecule has 2 N–H and O–H groups in total. The Hall–Kier alpha value is -3.56. The Kier molecular flexibility index (Phi) is 7.89. The zero-order valence-corrected chi connectivity index (χ0v) is 20.8. The van der Waals surface area contributed by atoms with E-state index in [4.69, 9.17) is 21.1 Å². The number of benzene rings is 2. The average Bonchev–Trinajstić information content (AvgIpc) is 2.86. The molecule has 1 aromatic heterocycles. The second-order valence-electron chi connectivity index (χ2n) is 8.11. The molecular formula is C25H29ClN6O3. The molecule has 3 aromatic rings. The Labute approximate surface area is 210 Å². The van der Waals surface area contributed by atoms with Gasteiger partial charge in [0.2, 0.25) is 5.95 Å². The van der Waals surface area contributed by atoms with Gasteiger partial charge in [-0.25, -0.2) is 9.78 Å². The van der Waals surface area contributed by atoms with Crippen LogP contribution in [0.15, 0.2) is 48.7 Å². The molecule has 4 rings (SSSR count). The number of aromatic nitrogens is 2. The number of methoxy groups -OCH3 is 1. The van der Waals surface area contributed by atoms with Crippen LogP contribution in [0.5, 0.6) is 5.75 Å². The number of hydrogen-bond acceptors (Lipinski definition) is 9. The summed E-state index contributed by atoms with van der Waals surface area (Å²) < 4.78 is 10.5. The molecule has 1 aliphatic rings. The highest BCUT2D eigenvalue weighted by Gasteiger charge is 2.18. The van der Waals surface area contributed by atoms with Gasteiger partial charge in [0.1, 0.15) is 11.3 Å². The number of halogens is 1. The zero-order valence-electron chi connectivity index (χ0n) is 20.0. The van der Waals surface area contributed by atoms with E-state index < -0.39 is 5.97 Å². The monoisotopic (exact) mass is 496 g/mol. The van der Waals surface area contributed by atoms with Gasteiger partial charge in [0.05, 0.1) is 18.7 Å². The lowest BCUT2D eigenvalue weighted by molar-refractivity contribution is 0.0526. The predicted molar refractivity (Wildman–Crippen MR) is 139 cm³/mol. The third kappa shape index (κ3) is 6.12. The number of likely N-dealkylation sites (N-methyl/N-ethyl adjacent to an activating group) is 1. The highest BCUT2D eigenvalue weighted by atomic mass is 35.5. The summed E-state index contributed by atoms with van der Waals surface area (Å²) in [6, 6.07) is 13.4. The summed E-state index contributed by atoms with van der Waals surface area (Å²) in [5.74, 6) is 0.634. The third-order valence-corrected chi connectivity index (χ3v) is 6.00. The van der Waals surface area contributed by atoms with E-state index in [0.29, 0.717) is 28.2 Å². The predicted octanol–water partition coefficient (Wildman–Crippen LogP) is 4.55. The Bertz CT molecular complexity index is 1170. The van der Waals surface area contributed by atoms with Crippen LogP contribution in [0.4, 0.5) is 28.8 Å². The number of anilines is 5. The number of nitrogens with zero attached hydrogens (tertiary/aromatic N) is 4. The van der Waals surface area contributed by atoms with E-state index in [1.807, 2.05) is 12.1 Å². The number of rotatable bonds is 8. The molecule has 0 amide bonds. The molecule has 2 heterocycles. The highest BCUT2D eigenvalue weighted by molar-refractivity contribution is 6.32. The molecule has 1 aliphatic heterocycles. The molecule has 35 heavy (non-hydrogen) atoms. The number of esters is 1. The van der Waals surface area contributed by atoms with Crippen LogP contribution in [0, 0.1) is 0 Å². The summed E-state index contributed by atoms with van der Waals surface area (Å²) >= 11 is 6.14. The third-order valence-electron chi connectivity index (χ3n) is 5.69. The number of piperazine rings is 1. The minimum Gasteiger partial charge on any atom is -0.495 e. The van der Waals surface area contributed by atoms with E-state index in [9.17, 15) is 4.79 Å². The fraction of sp³-hybridized carbons (Fsp3) is 0.320. The van der Waals surface area contributed by atoms with Crippen LogP contribution in [0.1, 0.15) is 17.3 Å². The lowest BCUT2D eigenvalue weighted by Crippen LogP contribution is -2.44. The normalized spacial score (nSPS) is 13.9. The Morgan fingerprint density at radius 3 is 2.46 bits per heavy atom. The Morgan fingerprint density at radius 1 is 1.06 bits per heavy atom. The summed E-state index contributed by atoms with van der Waals surface area (Å²) in [5.41, 5.74) is 2.89. The van der Waals surface area contributed by atoms with Crippen LogP contribution < -0.4 is 20.3 Å². The minimum atomic E-state index is -0.515. The Balaban J connectivity index is 1.55. The topological polar surface area (TPSA) is 91.9 Å². The lowest BCUT2D eigenvalue weighted by Gasteiger charge is -2.34. The molecule has 2 aromatic carbocycles. The summed E-state index contributed by atoms with van der Waals surface area (Å²) in [5, 5.41) is 6.84. The fourth-order valence-corrected chi connectivity index (χ4v) is 3.91. The fourth-order valence-electron chi connectivity index (χ4n) is 3.72. The van der Waals surface area contributed by atoms with Gasteiger partial charge in [-0.1, -0.05) is 11.6 Å². The smallest absolute Gasteiger partial charge is 0.343 e. The first kappa shape index (κ1) is 24.6. The number of nitrogens with one attached hydrogen (secondary N) is 2. The van der Waals surface area contributed by atoms with Gasteiger partial charge in [-0.05, 0) is 50.4 Å². The first-order valence-electron chi connectivity index (χ1n) is 11.4. The van der Waals surface area contributed by atoms with Gasteiger partial charge in [0.25, 0.3) is 0 Å². The van der Waals surface area contributed by atoms with E-state index in [2.05, 4.69) is 49.6 Å². The molecule has 0 atom stereocenters. The molecule has 9 nitrogen and oxygen atoms in total. The number of carbonyl (C=O) groups excluding carboxylic acids is 1. The molecule has 1 saturated heterocycles. The molecule has 0 radical (unpaired) electrons.